The Bertz CT molecular complexity index is 234. The molecule has 0 aromatic carbocycles. The fraction of sp³-hybridized carbons (Fsp3) is 0.909. The maximum Gasteiger partial charge on any atom is 0.139 e. The van der Waals surface area contributed by atoms with Gasteiger partial charge in [0.2, 0.25) is 0 Å². The lowest BCUT2D eigenvalue weighted by atomic mass is 9.89. The van der Waals surface area contributed by atoms with Crippen molar-refractivity contribution in [3.8, 4) is 6.07 Å². The van der Waals surface area contributed by atoms with Gasteiger partial charge >= 0.3 is 0 Å². The molecule has 0 saturated heterocycles. The zero-order chi connectivity index (χ0) is 12.3. The molecule has 4 heteroatoms. The van der Waals surface area contributed by atoms with Crippen LogP contribution in [-0.2, 0) is 11.4 Å². The Morgan fingerprint density at radius 2 is 1.73 bits per heavy atom. The second-order valence-corrected chi connectivity index (χ2v) is 7.94. The largest absolute Gasteiger partial charge is 0.598 e. The Kier molecular flexibility index (Phi) is 5.12. The number of nitriles is 1. The highest BCUT2D eigenvalue weighted by molar-refractivity contribution is 7.90. The molecule has 3 nitrogen and oxygen atoms in total. The maximum absolute atomic E-state index is 11.8. The monoisotopic (exact) mass is 230 g/mol. The Hall–Kier alpha value is -0.240. The number of hydrogen-bond donors (Lipinski definition) is 1. The predicted molar refractivity (Wildman–Crippen MR) is 64.5 cm³/mol. The van der Waals surface area contributed by atoms with Crippen molar-refractivity contribution in [1.29, 1.82) is 5.26 Å². The second-order valence-electron chi connectivity index (χ2n) is 5.95. The molecular formula is C11H22N2OS. The molecule has 1 unspecified atom stereocenters. The summed E-state index contributed by atoms with van der Waals surface area (Å²) in [7, 11) is 0. The van der Waals surface area contributed by atoms with Crippen LogP contribution >= 0.6 is 0 Å². The molecule has 0 aliphatic heterocycles. The van der Waals surface area contributed by atoms with Crippen molar-refractivity contribution in [2.75, 3.05) is 0 Å². The van der Waals surface area contributed by atoms with Crippen LogP contribution in [0.15, 0.2) is 0 Å². The van der Waals surface area contributed by atoms with Gasteiger partial charge < -0.3 is 4.55 Å². The molecule has 0 fully saturated rings. The number of nitrogens with zero attached hydrogens (tertiary/aromatic N) is 1. The average Bonchev–Trinajstić information content (AvgIpc) is 1.98. The second kappa shape index (κ2) is 5.20. The van der Waals surface area contributed by atoms with Crippen LogP contribution in [0.3, 0.4) is 0 Å². The molecule has 2 atom stereocenters. The fourth-order valence-electron chi connectivity index (χ4n) is 1.03. The molecule has 15 heavy (non-hydrogen) atoms. The lowest BCUT2D eigenvalue weighted by molar-refractivity contribution is 0.352. The van der Waals surface area contributed by atoms with Crippen LogP contribution in [-0.4, -0.2) is 15.3 Å². The molecule has 0 saturated carbocycles. The van der Waals surface area contributed by atoms with Gasteiger partial charge in [-0.05, 0) is 32.6 Å². The van der Waals surface area contributed by atoms with Gasteiger partial charge in [-0.2, -0.15) is 5.26 Å². The summed E-state index contributed by atoms with van der Waals surface area (Å²) in [5.74, 6) is 0. The van der Waals surface area contributed by atoms with E-state index in [-0.39, 0.29) is 16.2 Å². The van der Waals surface area contributed by atoms with Crippen LogP contribution in [0, 0.1) is 16.7 Å². The van der Waals surface area contributed by atoms with E-state index >= 15 is 0 Å². The van der Waals surface area contributed by atoms with Gasteiger partial charge in [-0.1, -0.05) is 20.8 Å². The van der Waals surface area contributed by atoms with Crippen molar-refractivity contribution in [1.82, 2.24) is 4.72 Å². The van der Waals surface area contributed by atoms with Gasteiger partial charge in [0.15, 0.2) is 0 Å². The van der Waals surface area contributed by atoms with E-state index in [0.717, 1.165) is 0 Å². The fourth-order valence-corrected chi connectivity index (χ4v) is 1.78. The molecule has 88 valence electrons. The molecule has 0 heterocycles. The molecular weight excluding hydrogens is 208 g/mol. The number of nitrogens with one attached hydrogen (secondary N) is 1. The molecule has 0 radical (unpaired) electrons. The molecule has 0 amide bonds. The normalized spacial score (nSPS) is 16.9. The van der Waals surface area contributed by atoms with Crippen molar-refractivity contribution >= 4 is 11.4 Å². The van der Waals surface area contributed by atoms with Crippen LogP contribution < -0.4 is 4.72 Å². The molecule has 0 rings (SSSR count). The van der Waals surface area contributed by atoms with Crippen LogP contribution in [0.5, 0.6) is 0 Å². The Labute approximate surface area is 96.6 Å². The lowest BCUT2D eigenvalue weighted by Gasteiger charge is -2.28. The number of rotatable bonds is 3. The SMILES string of the molecule is CC(C)(C)C[C@@H](C#N)N[S+]([O-])C(C)(C)C. The van der Waals surface area contributed by atoms with Gasteiger partial charge in [0.25, 0.3) is 0 Å². The molecule has 0 bridgehead atoms. The van der Waals surface area contributed by atoms with Crippen molar-refractivity contribution in [2.24, 2.45) is 5.41 Å². The Morgan fingerprint density at radius 1 is 1.27 bits per heavy atom. The first-order valence-corrected chi connectivity index (χ1v) is 6.29. The molecule has 1 N–H and O–H groups in total. The smallest absolute Gasteiger partial charge is 0.139 e. The van der Waals surface area contributed by atoms with Crippen LogP contribution in [0.1, 0.15) is 48.0 Å². The summed E-state index contributed by atoms with van der Waals surface area (Å²) in [5, 5.41) is 8.96. The van der Waals surface area contributed by atoms with E-state index < -0.39 is 11.4 Å². The van der Waals surface area contributed by atoms with Gasteiger partial charge in [-0.3, -0.25) is 0 Å². The van der Waals surface area contributed by atoms with Gasteiger partial charge in [0.1, 0.15) is 10.8 Å². The molecule has 0 aromatic heterocycles. The molecule has 0 spiro atoms. The molecule has 0 aliphatic carbocycles. The standard InChI is InChI=1S/C11H22N2OS/c1-10(2,3)7-9(8-12)13-15(14)11(4,5)6/h9,13H,7H2,1-6H3/t9-,15?/m0/s1. The third kappa shape index (κ3) is 6.77. The third-order valence-electron chi connectivity index (χ3n) is 1.78. The minimum absolute atomic E-state index is 0.0650. The van der Waals surface area contributed by atoms with Gasteiger partial charge in [0, 0.05) is 11.4 Å². The van der Waals surface area contributed by atoms with Gasteiger partial charge in [0.05, 0.1) is 6.07 Å². The number of hydrogen-bond acceptors (Lipinski definition) is 3. The van der Waals surface area contributed by atoms with E-state index in [1.54, 1.807) is 0 Å². The van der Waals surface area contributed by atoms with Crippen LogP contribution in [0.2, 0.25) is 0 Å². The predicted octanol–water partition coefficient (Wildman–Crippen LogP) is 2.37. The molecule has 0 aliphatic rings. The highest BCUT2D eigenvalue weighted by atomic mass is 32.2. The first-order valence-electron chi connectivity index (χ1n) is 5.14. The highest BCUT2D eigenvalue weighted by Crippen LogP contribution is 2.22. The summed E-state index contributed by atoms with van der Waals surface area (Å²) in [6, 6.07) is 1.81. The summed E-state index contributed by atoms with van der Waals surface area (Å²) >= 11 is -1.17. The molecule has 0 aromatic rings. The maximum atomic E-state index is 11.8. The van der Waals surface area contributed by atoms with E-state index in [0.29, 0.717) is 6.42 Å². The first-order chi connectivity index (χ1) is 6.56. The van der Waals surface area contributed by atoms with Gasteiger partial charge in [-0.25, -0.2) is 0 Å². The zero-order valence-electron chi connectivity index (χ0n) is 10.5. The minimum atomic E-state index is -1.17. The van der Waals surface area contributed by atoms with Crippen LogP contribution in [0.25, 0.3) is 0 Å². The summed E-state index contributed by atoms with van der Waals surface area (Å²) in [6.07, 6.45) is 0.700. The topological polar surface area (TPSA) is 58.9 Å². The van der Waals surface area contributed by atoms with E-state index in [1.807, 2.05) is 20.8 Å². The first kappa shape index (κ1) is 14.8. The Balaban J connectivity index is 4.31. The van der Waals surface area contributed by atoms with Crippen molar-refractivity contribution < 1.29 is 4.55 Å². The van der Waals surface area contributed by atoms with E-state index in [9.17, 15) is 4.55 Å². The van der Waals surface area contributed by atoms with E-state index in [2.05, 4.69) is 31.6 Å². The summed E-state index contributed by atoms with van der Waals surface area (Å²) in [5.41, 5.74) is 0.0650. The quantitative estimate of drug-likeness (QED) is 0.757. The van der Waals surface area contributed by atoms with E-state index in [1.165, 1.54) is 0 Å². The highest BCUT2D eigenvalue weighted by Gasteiger charge is 2.30. The zero-order valence-corrected chi connectivity index (χ0v) is 11.4. The summed E-state index contributed by atoms with van der Waals surface area (Å²) in [4.78, 5) is 0. The third-order valence-corrected chi connectivity index (χ3v) is 3.39. The minimum Gasteiger partial charge on any atom is -0.598 e. The van der Waals surface area contributed by atoms with Gasteiger partial charge in [-0.15, -0.1) is 4.72 Å². The van der Waals surface area contributed by atoms with Crippen LogP contribution in [0.4, 0.5) is 0 Å². The van der Waals surface area contributed by atoms with Crippen molar-refractivity contribution in [3.05, 3.63) is 0 Å². The Morgan fingerprint density at radius 3 is 2.00 bits per heavy atom. The summed E-state index contributed by atoms with van der Waals surface area (Å²) < 4.78 is 14.3. The van der Waals surface area contributed by atoms with E-state index in [4.69, 9.17) is 5.26 Å². The summed E-state index contributed by atoms with van der Waals surface area (Å²) in [6.45, 7) is 11.9. The van der Waals surface area contributed by atoms with Crippen molar-refractivity contribution in [3.63, 3.8) is 0 Å². The average molecular weight is 230 g/mol. The lowest BCUT2D eigenvalue weighted by Crippen LogP contribution is -2.45. The van der Waals surface area contributed by atoms with Crippen molar-refractivity contribution in [2.45, 2.75) is 58.8 Å².